The third-order valence-corrected chi connectivity index (χ3v) is 4.16. The lowest BCUT2D eigenvalue weighted by Crippen LogP contribution is -2.42. The van der Waals surface area contributed by atoms with Crippen molar-refractivity contribution < 1.29 is 4.39 Å². The van der Waals surface area contributed by atoms with Gasteiger partial charge in [-0.2, -0.15) is 0 Å². The number of hydrogen-bond acceptors (Lipinski definition) is 2. The predicted molar refractivity (Wildman–Crippen MR) is 85.2 cm³/mol. The van der Waals surface area contributed by atoms with Crippen molar-refractivity contribution in [3.63, 3.8) is 0 Å². The molecule has 110 valence electrons. The largest absolute Gasteiger partial charge is 0.310 e. The SMILES string of the molecule is C=C(C)CN1CCC(NCc2cc(Br)ccc2F)CC1. The molecule has 0 amide bonds. The fourth-order valence-electron chi connectivity index (χ4n) is 2.61. The lowest BCUT2D eigenvalue weighted by molar-refractivity contribution is 0.211. The molecule has 0 aliphatic carbocycles. The van der Waals surface area contributed by atoms with E-state index in [1.807, 2.05) is 6.07 Å². The molecule has 1 heterocycles. The van der Waals surface area contributed by atoms with Crippen molar-refractivity contribution in [2.45, 2.75) is 32.4 Å². The van der Waals surface area contributed by atoms with Crippen LogP contribution in [0.5, 0.6) is 0 Å². The van der Waals surface area contributed by atoms with Gasteiger partial charge in [-0.3, -0.25) is 4.90 Å². The van der Waals surface area contributed by atoms with Crippen LogP contribution in [0.1, 0.15) is 25.3 Å². The molecule has 0 saturated carbocycles. The zero-order chi connectivity index (χ0) is 14.5. The third-order valence-electron chi connectivity index (χ3n) is 3.67. The van der Waals surface area contributed by atoms with Crippen molar-refractivity contribution >= 4 is 15.9 Å². The second-order valence-corrected chi connectivity index (χ2v) is 6.54. The summed E-state index contributed by atoms with van der Waals surface area (Å²) in [5, 5.41) is 3.47. The fourth-order valence-corrected chi connectivity index (χ4v) is 3.02. The van der Waals surface area contributed by atoms with E-state index in [1.54, 1.807) is 6.07 Å². The summed E-state index contributed by atoms with van der Waals surface area (Å²) in [6, 6.07) is 5.57. The van der Waals surface area contributed by atoms with Crippen LogP contribution in [0, 0.1) is 5.82 Å². The van der Waals surface area contributed by atoms with Crippen molar-refractivity contribution in [1.82, 2.24) is 10.2 Å². The van der Waals surface area contributed by atoms with E-state index in [2.05, 4.69) is 39.6 Å². The van der Waals surface area contributed by atoms with Crippen molar-refractivity contribution in [1.29, 1.82) is 0 Å². The molecule has 1 aromatic carbocycles. The maximum Gasteiger partial charge on any atom is 0.127 e. The zero-order valence-corrected chi connectivity index (χ0v) is 13.5. The van der Waals surface area contributed by atoms with Gasteiger partial charge in [0.2, 0.25) is 0 Å². The van der Waals surface area contributed by atoms with Crippen LogP contribution in [0.2, 0.25) is 0 Å². The topological polar surface area (TPSA) is 15.3 Å². The van der Waals surface area contributed by atoms with Crippen LogP contribution < -0.4 is 5.32 Å². The quantitative estimate of drug-likeness (QED) is 0.822. The van der Waals surface area contributed by atoms with Gasteiger partial charge in [0.1, 0.15) is 5.82 Å². The number of nitrogens with one attached hydrogen (secondary N) is 1. The molecule has 0 bridgehead atoms. The number of piperidine rings is 1. The molecule has 4 heteroatoms. The number of nitrogens with zero attached hydrogens (tertiary/aromatic N) is 1. The molecule has 0 spiro atoms. The highest BCUT2D eigenvalue weighted by Crippen LogP contribution is 2.17. The van der Waals surface area contributed by atoms with Gasteiger partial charge in [-0.15, -0.1) is 0 Å². The summed E-state index contributed by atoms with van der Waals surface area (Å²) >= 11 is 3.38. The standard InChI is InChI=1S/C16H22BrFN2/c1-12(2)11-20-7-5-15(6-8-20)19-10-13-9-14(17)3-4-16(13)18/h3-4,9,15,19H,1,5-8,10-11H2,2H3. The summed E-state index contributed by atoms with van der Waals surface area (Å²) in [5.41, 5.74) is 1.94. The van der Waals surface area contributed by atoms with Gasteiger partial charge in [0.15, 0.2) is 0 Å². The average Bonchev–Trinajstić information content (AvgIpc) is 2.41. The predicted octanol–water partition coefficient (Wildman–Crippen LogP) is 3.72. The van der Waals surface area contributed by atoms with Crippen LogP contribution in [0.4, 0.5) is 4.39 Å². The molecule has 1 aliphatic heterocycles. The smallest absolute Gasteiger partial charge is 0.127 e. The molecule has 2 rings (SSSR count). The minimum absolute atomic E-state index is 0.139. The summed E-state index contributed by atoms with van der Waals surface area (Å²) in [6.45, 7) is 9.79. The van der Waals surface area contributed by atoms with Crippen molar-refractivity contribution in [2.24, 2.45) is 0 Å². The van der Waals surface area contributed by atoms with Crippen LogP contribution in [0.15, 0.2) is 34.8 Å². The molecule has 1 saturated heterocycles. The van der Waals surface area contributed by atoms with Gasteiger partial charge < -0.3 is 5.32 Å². The summed E-state index contributed by atoms with van der Waals surface area (Å²) in [4.78, 5) is 2.43. The first-order valence-electron chi connectivity index (χ1n) is 7.08. The van der Waals surface area contributed by atoms with Gasteiger partial charge >= 0.3 is 0 Å². The van der Waals surface area contributed by atoms with Crippen LogP contribution in [0.3, 0.4) is 0 Å². The van der Waals surface area contributed by atoms with E-state index in [-0.39, 0.29) is 5.82 Å². The van der Waals surface area contributed by atoms with E-state index in [4.69, 9.17) is 0 Å². The maximum atomic E-state index is 13.7. The van der Waals surface area contributed by atoms with Crippen LogP contribution in [0.25, 0.3) is 0 Å². The van der Waals surface area contributed by atoms with E-state index in [0.717, 1.165) is 42.5 Å². The highest BCUT2D eigenvalue weighted by Gasteiger charge is 2.18. The number of hydrogen-bond donors (Lipinski definition) is 1. The van der Waals surface area contributed by atoms with Gasteiger partial charge in [0, 0.05) is 29.2 Å². The first-order valence-corrected chi connectivity index (χ1v) is 7.88. The Morgan fingerprint density at radius 3 is 2.80 bits per heavy atom. The molecule has 0 radical (unpaired) electrons. The molecule has 1 fully saturated rings. The van der Waals surface area contributed by atoms with Gasteiger partial charge in [-0.25, -0.2) is 4.39 Å². The number of halogens is 2. The minimum atomic E-state index is -0.139. The van der Waals surface area contributed by atoms with Crippen LogP contribution >= 0.6 is 15.9 Å². The van der Waals surface area contributed by atoms with E-state index >= 15 is 0 Å². The van der Waals surface area contributed by atoms with Gasteiger partial charge in [-0.05, 0) is 51.1 Å². The van der Waals surface area contributed by atoms with E-state index in [0.29, 0.717) is 12.6 Å². The lowest BCUT2D eigenvalue weighted by Gasteiger charge is -2.32. The molecule has 1 aliphatic rings. The Balaban J connectivity index is 1.78. The molecule has 2 nitrogen and oxygen atoms in total. The molecule has 1 aromatic rings. The Bertz CT molecular complexity index is 468. The Hall–Kier alpha value is -0.710. The fraction of sp³-hybridized carbons (Fsp3) is 0.500. The van der Waals surface area contributed by atoms with Gasteiger partial charge in [0.05, 0.1) is 0 Å². The first kappa shape index (κ1) is 15.7. The number of rotatable bonds is 5. The summed E-state index contributed by atoms with van der Waals surface area (Å²) in [7, 11) is 0. The second kappa shape index (κ2) is 7.34. The van der Waals surface area contributed by atoms with Crippen molar-refractivity contribution in [2.75, 3.05) is 19.6 Å². The third kappa shape index (κ3) is 4.69. The zero-order valence-electron chi connectivity index (χ0n) is 12.0. The number of benzene rings is 1. The second-order valence-electron chi connectivity index (χ2n) is 5.62. The highest BCUT2D eigenvalue weighted by atomic mass is 79.9. The molecule has 0 unspecified atom stereocenters. The maximum absolute atomic E-state index is 13.7. The Morgan fingerprint density at radius 1 is 1.45 bits per heavy atom. The molecule has 20 heavy (non-hydrogen) atoms. The van der Waals surface area contributed by atoms with Crippen LogP contribution in [-0.2, 0) is 6.54 Å². The first-order chi connectivity index (χ1) is 9.54. The molecular weight excluding hydrogens is 319 g/mol. The summed E-state index contributed by atoms with van der Waals surface area (Å²) in [6.07, 6.45) is 2.23. The Morgan fingerprint density at radius 2 is 2.15 bits per heavy atom. The Labute approximate surface area is 129 Å². The lowest BCUT2D eigenvalue weighted by atomic mass is 10.0. The minimum Gasteiger partial charge on any atom is -0.310 e. The van der Waals surface area contributed by atoms with E-state index < -0.39 is 0 Å². The normalized spacial score (nSPS) is 17.4. The highest BCUT2D eigenvalue weighted by molar-refractivity contribution is 9.10. The van der Waals surface area contributed by atoms with E-state index in [1.165, 1.54) is 11.6 Å². The molecule has 0 atom stereocenters. The molecule has 1 N–H and O–H groups in total. The molecular formula is C16H22BrFN2. The monoisotopic (exact) mass is 340 g/mol. The van der Waals surface area contributed by atoms with Gasteiger partial charge in [0.25, 0.3) is 0 Å². The molecule has 0 aromatic heterocycles. The van der Waals surface area contributed by atoms with Crippen LogP contribution in [-0.4, -0.2) is 30.6 Å². The van der Waals surface area contributed by atoms with Gasteiger partial charge in [-0.1, -0.05) is 28.1 Å². The van der Waals surface area contributed by atoms with Crippen molar-refractivity contribution in [3.8, 4) is 0 Å². The summed E-state index contributed by atoms with van der Waals surface area (Å²) < 4.78 is 14.6. The van der Waals surface area contributed by atoms with Crippen molar-refractivity contribution in [3.05, 3.63) is 46.2 Å². The number of likely N-dealkylation sites (tertiary alicyclic amines) is 1. The average molecular weight is 341 g/mol. The van der Waals surface area contributed by atoms with E-state index in [9.17, 15) is 4.39 Å². The Kier molecular flexibility index (Phi) is 5.75. The summed E-state index contributed by atoms with van der Waals surface area (Å²) in [5.74, 6) is -0.139.